The highest BCUT2D eigenvalue weighted by Gasteiger charge is 2.19. The number of rotatable bonds is 49. The molecular formula is C55H102O6. The molecule has 0 amide bonds. The molecule has 0 aliphatic heterocycles. The number of carbonyl (C=O) groups excluding carboxylic acids is 3. The second-order valence-electron chi connectivity index (χ2n) is 18.1. The average Bonchev–Trinajstić information content (AvgIpc) is 3.26. The minimum Gasteiger partial charge on any atom is -0.462 e. The fourth-order valence-corrected chi connectivity index (χ4v) is 7.84. The van der Waals surface area contributed by atoms with Crippen LogP contribution in [0.4, 0.5) is 0 Å². The standard InChI is InChI=1S/C55H102O6/c1-4-7-10-13-15-17-19-21-23-25-26-27-28-30-31-33-35-37-39-42-45-48-54(57)60-51-52(50-59-53(56)47-44-41-12-9-6-3)61-55(58)49-46-43-40-38-36-34-32-29-24-22-20-18-16-14-11-8-5-2/h22,24-26,52H,4-21,23,27-51H2,1-3H3/b24-22-,26-25-. The molecule has 0 N–H and O–H groups in total. The van der Waals surface area contributed by atoms with Crippen LogP contribution in [0, 0.1) is 0 Å². The first-order valence-corrected chi connectivity index (χ1v) is 26.8. The normalized spacial score (nSPS) is 12.1. The summed E-state index contributed by atoms with van der Waals surface area (Å²) in [6.45, 7) is 6.58. The Morgan fingerprint density at radius 3 is 0.820 bits per heavy atom. The van der Waals surface area contributed by atoms with Gasteiger partial charge in [0.15, 0.2) is 6.10 Å². The van der Waals surface area contributed by atoms with Crippen molar-refractivity contribution in [2.24, 2.45) is 0 Å². The van der Waals surface area contributed by atoms with Crippen LogP contribution in [0.5, 0.6) is 0 Å². The number of allylic oxidation sites excluding steroid dienone is 4. The van der Waals surface area contributed by atoms with Crippen LogP contribution >= 0.6 is 0 Å². The van der Waals surface area contributed by atoms with Crippen LogP contribution in [-0.2, 0) is 28.6 Å². The molecule has 0 aromatic heterocycles. The smallest absolute Gasteiger partial charge is 0.306 e. The van der Waals surface area contributed by atoms with E-state index in [-0.39, 0.29) is 31.1 Å². The lowest BCUT2D eigenvalue weighted by molar-refractivity contribution is -0.167. The van der Waals surface area contributed by atoms with Crippen molar-refractivity contribution >= 4 is 17.9 Å². The number of esters is 3. The molecule has 0 radical (unpaired) electrons. The molecular weight excluding hydrogens is 757 g/mol. The first kappa shape index (κ1) is 58.9. The van der Waals surface area contributed by atoms with Gasteiger partial charge in [-0.15, -0.1) is 0 Å². The molecule has 6 heteroatoms. The fourth-order valence-electron chi connectivity index (χ4n) is 7.84. The molecule has 0 saturated heterocycles. The van der Waals surface area contributed by atoms with E-state index in [0.29, 0.717) is 19.3 Å². The Labute approximate surface area is 379 Å². The van der Waals surface area contributed by atoms with E-state index >= 15 is 0 Å². The molecule has 1 atom stereocenters. The predicted molar refractivity (Wildman–Crippen MR) is 261 cm³/mol. The fraction of sp³-hybridized carbons (Fsp3) is 0.873. The summed E-state index contributed by atoms with van der Waals surface area (Å²) in [5.41, 5.74) is 0. The van der Waals surface area contributed by atoms with Gasteiger partial charge < -0.3 is 14.2 Å². The first-order valence-electron chi connectivity index (χ1n) is 26.8. The van der Waals surface area contributed by atoms with Gasteiger partial charge in [0.05, 0.1) is 0 Å². The quantitative estimate of drug-likeness (QED) is 0.0262. The third kappa shape index (κ3) is 48.8. The van der Waals surface area contributed by atoms with Crippen LogP contribution in [0.15, 0.2) is 24.3 Å². The van der Waals surface area contributed by atoms with Crippen LogP contribution in [0.3, 0.4) is 0 Å². The van der Waals surface area contributed by atoms with Gasteiger partial charge in [0.1, 0.15) is 13.2 Å². The van der Waals surface area contributed by atoms with Gasteiger partial charge in [-0.05, 0) is 70.6 Å². The van der Waals surface area contributed by atoms with Crippen LogP contribution in [0.25, 0.3) is 0 Å². The van der Waals surface area contributed by atoms with E-state index < -0.39 is 6.10 Å². The summed E-state index contributed by atoms with van der Waals surface area (Å²) in [5, 5.41) is 0. The SMILES string of the molecule is CCCCCCCC/C=C\CCCCCCCCCC(=O)OC(COC(=O)CCCCCCC)COC(=O)CCCCCCCCCCC/C=C\CCCCCCCCCC. The third-order valence-corrected chi connectivity index (χ3v) is 11.9. The highest BCUT2D eigenvalue weighted by atomic mass is 16.6. The molecule has 1 unspecified atom stereocenters. The summed E-state index contributed by atoms with van der Waals surface area (Å²) in [5.74, 6) is -0.880. The van der Waals surface area contributed by atoms with Gasteiger partial charge >= 0.3 is 17.9 Å². The lowest BCUT2D eigenvalue weighted by Crippen LogP contribution is -2.30. The Bertz CT molecular complexity index is 989. The Kier molecular flexibility index (Phi) is 48.8. The predicted octanol–water partition coefficient (Wildman–Crippen LogP) is 17.5. The molecule has 61 heavy (non-hydrogen) atoms. The summed E-state index contributed by atoms with van der Waals surface area (Å²) in [6, 6.07) is 0. The lowest BCUT2D eigenvalue weighted by atomic mass is 10.1. The molecule has 0 aromatic carbocycles. The molecule has 0 saturated carbocycles. The molecule has 0 spiro atoms. The zero-order valence-corrected chi connectivity index (χ0v) is 40.9. The highest BCUT2D eigenvalue weighted by Crippen LogP contribution is 2.15. The van der Waals surface area contributed by atoms with Crippen LogP contribution in [0.1, 0.15) is 290 Å². The summed E-state index contributed by atoms with van der Waals surface area (Å²) < 4.78 is 16.7. The van der Waals surface area contributed by atoms with Crippen LogP contribution in [0.2, 0.25) is 0 Å². The topological polar surface area (TPSA) is 78.9 Å². The van der Waals surface area contributed by atoms with Crippen LogP contribution in [-0.4, -0.2) is 37.2 Å². The van der Waals surface area contributed by atoms with Crippen molar-refractivity contribution in [3.8, 4) is 0 Å². The van der Waals surface area contributed by atoms with Crippen molar-refractivity contribution in [2.45, 2.75) is 297 Å². The van der Waals surface area contributed by atoms with E-state index in [4.69, 9.17) is 14.2 Å². The molecule has 0 aliphatic carbocycles. The van der Waals surface area contributed by atoms with Crippen molar-refractivity contribution in [1.29, 1.82) is 0 Å². The third-order valence-electron chi connectivity index (χ3n) is 11.9. The zero-order chi connectivity index (χ0) is 44.4. The van der Waals surface area contributed by atoms with E-state index in [1.807, 2.05) is 0 Å². The maximum Gasteiger partial charge on any atom is 0.306 e. The van der Waals surface area contributed by atoms with Gasteiger partial charge in [0.25, 0.3) is 0 Å². The second kappa shape index (κ2) is 50.5. The molecule has 0 aromatic rings. The number of hydrogen-bond donors (Lipinski definition) is 0. The van der Waals surface area contributed by atoms with E-state index in [1.54, 1.807) is 0 Å². The minimum absolute atomic E-state index is 0.0718. The molecule has 0 bridgehead atoms. The van der Waals surface area contributed by atoms with Gasteiger partial charge in [-0.2, -0.15) is 0 Å². The summed E-state index contributed by atoms with van der Waals surface area (Å²) in [4.78, 5) is 37.7. The van der Waals surface area contributed by atoms with Crippen molar-refractivity contribution in [2.75, 3.05) is 13.2 Å². The Morgan fingerprint density at radius 1 is 0.311 bits per heavy atom. The molecule has 0 rings (SSSR count). The summed E-state index contributed by atoms with van der Waals surface area (Å²) >= 11 is 0. The van der Waals surface area contributed by atoms with Gasteiger partial charge in [0.2, 0.25) is 0 Å². The summed E-state index contributed by atoms with van der Waals surface area (Å²) in [7, 11) is 0. The van der Waals surface area contributed by atoms with E-state index in [0.717, 1.165) is 64.2 Å². The van der Waals surface area contributed by atoms with Crippen molar-refractivity contribution < 1.29 is 28.6 Å². The molecule has 0 aliphatic rings. The lowest BCUT2D eigenvalue weighted by Gasteiger charge is -2.18. The molecule has 0 heterocycles. The number of hydrogen-bond acceptors (Lipinski definition) is 6. The highest BCUT2D eigenvalue weighted by molar-refractivity contribution is 5.71. The molecule has 0 fully saturated rings. The second-order valence-corrected chi connectivity index (χ2v) is 18.1. The number of carbonyl (C=O) groups is 3. The van der Waals surface area contributed by atoms with Crippen molar-refractivity contribution in [1.82, 2.24) is 0 Å². The summed E-state index contributed by atoms with van der Waals surface area (Å²) in [6.07, 6.45) is 57.8. The van der Waals surface area contributed by atoms with Gasteiger partial charge in [-0.1, -0.05) is 225 Å². The van der Waals surface area contributed by atoms with E-state index in [1.165, 1.54) is 186 Å². The van der Waals surface area contributed by atoms with Crippen molar-refractivity contribution in [3.63, 3.8) is 0 Å². The number of ether oxygens (including phenoxy) is 3. The molecule has 358 valence electrons. The first-order chi connectivity index (χ1) is 30.0. The van der Waals surface area contributed by atoms with E-state index in [9.17, 15) is 14.4 Å². The Balaban J connectivity index is 4.11. The largest absolute Gasteiger partial charge is 0.462 e. The Hall–Kier alpha value is -2.11. The monoisotopic (exact) mass is 859 g/mol. The Morgan fingerprint density at radius 2 is 0.541 bits per heavy atom. The number of unbranched alkanes of at least 4 members (excludes halogenated alkanes) is 34. The zero-order valence-electron chi connectivity index (χ0n) is 40.9. The van der Waals surface area contributed by atoms with Crippen molar-refractivity contribution in [3.05, 3.63) is 24.3 Å². The maximum atomic E-state index is 12.7. The van der Waals surface area contributed by atoms with Crippen LogP contribution < -0.4 is 0 Å². The van der Waals surface area contributed by atoms with Gasteiger partial charge in [-0.3, -0.25) is 14.4 Å². The minimum atomic E-state index is -0.768. The average molecular weight is 859 g/mol. The van der Waals surface area contributed by atoms with E-state index in [2.05, 4.69) is 45.1 Å². The molecule has 6 nitrogen and oxygen atoms in total. The maximum absolute atomic E-state index is 12.7. The van der Waals surface area contributed by atoms with Gasteiger partial charge in [-0.25, -0.2) is 0 Å². The van der Waals surface area contributed by atoms with Gasteiger partial charge in [0, 0.05) is 19.3 Å².